The van der Waals surface area contributed by atoms with E-state index >= 15 is 0 Å². The lowest BCUT2D eigenvalue weighted by atomic mass is 10.1. The van der Waals surface area contributed by atoms with Crippen LogP contribution in [-0.4, -0.2) is 19.2 Å². The summed E-state index contributed by atoms with van der Waals surface area (Å²) in [5, 5.41) is 3.60. The smallest absolute Gasteiger partial charge is 0.119 e. The monoisotopic (exact) mass is 275 g/mol. The quantitative estimate of drug-likeness (QED) is 0.685. The normalized spacial score (nSPS) is 15.1. The molecule has 20 heavy (non-hydrogen) atoms. The van der Waals surface area contributed by atoms with Gasteiger partial charge in [-0.2, -0.15) is 0 Å². The molecule has 0 bridgehead atoms. The van der Waals surface area contributed by atoms with Crippen LogP contribution in [0.25, 0.3) is 0 Å². The molecule has 1 aromatic rings. The van der Waals surface area contributed by atoms with Crippen LogP contribution in [0.3, 0.4) is 0 Å². The highest BCUT2D eigenvalue weighted by Crippen LogP contribution is 2.26. The fraction of sp³-hybridized carbons (Fsp3) is 0.667. The van der Waals surface area contributed by atoms with Crippen molar-refractivity contribution in [1.82, 2.24) is 5.32 Å². The molecule has 1 unspecified atom stereocenters. The van der Waals surface area contributed by atoms with Gasteiger partial charge in [0.05, 0.1) is 6.61 Å². The second kappa shape index (κ2) is 8.31. The van der Waals surface area contributed by atoms with Gasteiger partial charge in [-0.15, -0.1) is 0 Å². The van der Waals surface area contributed by atoms with Crippen molar-refractivity contribution in [1.29, 1.82) is 0 Å². The highest BCUT2D eigenvalue weighted by molar-refractivity contribution is 5.38. The van der Waals surface area contributed by atoms with Gasteiger partial charge in [0.25, 0.3) is 0 Å². The van der Waals surface area contributed by atoms with Gasteiger partial charge in [0, 0.05) is 6.04 Å². The molecule has 0 fully saturated rings. The Balaban J connectivity index is 1.68. The Morgan fingerprint density at radius 1 is 1.20 bits per heavy atom. The lowest BCUT2D eigenvalue weighted by Gasteiger charge is -2.16. The molecule has 0 saturated heterocycles. The lowest BCUT2D eigenvalue weighted by Crippen LogP contribution is -2.29. The van der Waals surface area contributed by atoms with Crippen molar-refractivity contribution in [3.8, 4) is 5.75 Å². The van der Waals surface area contributed by atoms with Crippen molar-refractivity contribution in [2.75, 3.05) is 13.2 Å². The standard InChI is InChI=1S/C18H29NO/c1-3-12-19-17(4-2)9-6-13-20-18-11-10-15-7-5-8-16(15)14-18/h10-11,14,17,19H,3-9,12-13H2,1-2H3. The Bertz CT molecular complexity index is 402. The summed E-state index contributed by atoms with van der Waals surface area (Å²) in [6, 6.07) is 7.28. The van der Waals surface area contributed by atoms with Crippen LogP contribution < -0.4 is 10.1 Å². The number of rotatable bonds is 9. The first-order chi connectivity index (χ1) is 9.83. The zero-order valence-corrected chi connectivity index (χ0v) is 13.1. The Labute approximate surface area is 123 Å². The molecule has 0 aromatic heterocycles. The van der Waals surface area contributed by atoms with Crippen LogP contribution in [0, 0.1) is 0 Å². The SMILES string of the molecule is CCCNC(CC)CCCOc1ccc2c(c1)CCC2. The summed E-state index contributed by atoms with van der Waals surface area (Å²) in [7, 11) is 0. The zero-order valence-electron chi connectivity index (χ0n) is 13.1. The molecule has 0 saturated carbocycles. The second-order valence-corrected chi connectivity index (χ2v) is 5.83. The van der Waals surface area contributed by atoms with Gasteiger partial charge in [0.15, 0.2) is 0 Å². The average Bonchev–Trinajstić information content (AvgIpc) is 2.94. The first-order valence-electron chi connectivity index (χ1n) is 8.31. The number of ether oxygens (including phenoxy) is 1. The fourth-order valence-electron chi connectivity index (χ4n) is 2.96. The molecule has 0 aliphatic heterocycles. The van der Waals surface area contributed by atoms with Gasteiger partial charge in [0.2, 0.25) is 0 Å². The molecule has 112 valence electrons. The van der Waals surface area contributed by atoms with Crippen molar-refractivity contribution in [3.63, 3.8) is 0 Å². The van der Waals surface area contributed by atoms with Crippen LogP contribution in [0.2, 0.25) is 0 Å². The Morgan fingerprint density at radius 3 is 2.85 bits per heavy atom. The minimum Gasteiger partial charge on any atom is -0.494 e. The van der Waals surface area contributed by atoms with Crippen molar-refractivity contribution in [3.05, 3.63) is 29.3 Å². The maximum absolute atomic E-state index is 5.90. The lowest BCUT2D eigenvalue weighted by molar-refractivity contribution is 0.294. The van der Waals surface area contributed by atoms with E-state index in [1.807, 2.05) is 0 Å². The molecule has 0 heterocycles. The van der Waals surface area contributed by atoms with Crippen molar-refractivity contribution in [2.24, 2.45) is 0 Å². The van der Waals surface area contributed by atoms with E-state index in [0.29, 0.717) is 6.04 Å². The molecular weight excluding hydrogens is 246 g/mol. The van der Waals surface area contributed by atoms with Crippen LogP contribution in [0.15, 0.2) is 18.2 Å². The molecule has 1 aromatic carbocycles. The van der Waals surface area contributed by atoms with Crippen molar-refractivity contribution in [2.45, 2.75) is 64.8 Å². The van der Waals surface area contributed by atoms with E-state index in [9.17, 15) is 0 Å². The highest BCUT2D eigenvalue weighted by Gasteiger charge is 2.11. The third kappa shape index (κ3) is 4.52. The fourth-order valence-corrected chi connectivity index (χ4v) is 2.96. The average molecular weight is 275 g/mol. The molecule has 0 amide bonds. The van der Waals surface area contributed by atoms with E-state index in [1.54, 1.807) is 0 Å². The van der Waals surface area contributed by atoms with Crippen LogP contribution in [0.4, 0.5) is 0 Å². The number of benzene rings is 1. The maximum Gasteiger partial charge on any atom is 0.119 e. The third-order valence-corrected chi connectivity index (χ3v) is 4.21. The summed E-state index contributed by atoms with van der Waals surface area (Å²) >= 11 is 0. The summed E-state index contributed by atoms with van der Waals surface area (Å²) in [5.74, 6) is 1.06. The van der Waals surface area contributed by atoms with Gasteiger partial charge in [0.1, 0.15) is 5.75 Å². The Kier molecular flexibility index (Phi) is 6.38. The highest BCUT2D eigenvalue weighted by atomic mass is 16.5. The summed E-state index contributed by atoms with van der Waals surface area (Å²) in [6.07, 6.45) is 8.54. The van der Waals surface area contributed by atoms with Gasteiger partial charge >= 0.3 is 0 Å². The molecule has 0 radical (unpaired) electrons. The molecule has 2 nitrogen and oxygen atoms in total. The first kappa shape index (κ1) is 15.4. The third-order valence-electron chi connectivity index (χ3n) is 4.21. The minimum absolute atomic E-state index is 0.651. The van der Waals surface area contributed by atoms with E-state index in [0.717, 1.165) is 25.3 Å². The van der Waals surface area contributed by atoms with Gasteiger partial charge in [-0.1, -0.05) is 19.9 Å². The van der Waals surface area contributed by atoms with Gasteiger partial charge in [-0.05, 0) is 74.8 Å². The molecule has 1 atom stereocenters. The van der Waals surface area contributed by atoms with E-state index in [4.69, 9.17) is 4.74 Å². The van der Waals surface area contributed by atoms with Gasteiger partial charge in [-0.25, -0.2) is 0 Å². The summed E-state index contributed by atoms with van der Waals surface area (Å²) < 4.78 is 5.90. The Hall–Kier alpha value is -1.02. The predicted molar refractivity (Wildman–Crippen MR) is 85.6 cm³/mol. The van der Waals surface area contributed by atoms with Gasteiger partial charge < -0.3 is 10.1 Å². The number of hydrogen-bond donors (Lipinski definition) is 1. The molecule has 0 spiro atoms. The van der Waals surface area contributed by atoms with Crippen molar-refractivity contribution >= 4 is 0 Å². The largest absolute Gasteiger partial charge is 0.494 e. The van der Waals surface area contributed by atoms with Crippen LogP contribution in [0.5, 0.6) is 5.75 Å². The summed E-state index contributed by atoms with van der Waals surface area (Å²) in [5.41, 5.74) is 3.02. The summed E-state index contributed by atoms with van der Waals surface area (Å²) in [6.45, 7) is 6.44. The predicted octanol–water partition coefficient (Wildman–Crippen LogP) is 4.11. The maximum atomic E-state index is 5.90. The molecule has 2 rings (SSSR count). The molecule has 1 aliphatic rings. The zero-order chi connectivity index (χ0) is 14.2. The van der Waals surface area contributed by atoms with Crippen molar-refractivity contribution < 1.29 is 4.74 Å². The number of fused-ring (bicyclic) bond motifs is 1. The minimum atomic E-state index is 0.651. The topological polar surface area (TPSA) is 21.3 Å². The van der Waals surface area contributed by atoms with E-state index in [-0.39, 0.29) is 0 Å². The van der Waals surface area contributed by atoms with Crippen LogP contribution >= 0.6 is 0 Å². The molecule has 1 N–H and O–H groups in total. The van der Waals surface area contributed by atoms with E-state index in [2.05, 4.69) is 37.4 Å². The van der Waals surface area contributed by atoms with E-state index in [1.165, 1.54) is 49.7 Å². The molecule has 1 aliphatic carbocycles. The first-order valence-corrected chi connectivity index (χ1v) is 8.31. The van der Waals surface area contributed by atoms with Crippen LogP contribution in [-0.2, 0) is 12.8 Å². The number of aryl methyl sites for hydroxylation is 2. The molecular formula is C18H29NO. The van der Waals surface area contributed by atoms with Gasteiger partial charge in [-0.3, -0.25) is 0 Å². The Morgan fingerprint density at radius 2 is 2.05 bits per heavy atom. The summed E-state index contributed by atoms with van der Waals surface area (Å²) in [4.78, 5) is 0. The second-order valence-electron chi connectivity index (χ2n) is 5.83. The molecule has 2 heteroatoms. The number of nitrogens with one attached hydrogen (secondary N) is 1. The van der Waals surface area contributed by atoms with Crippen LogP contribution in [0.1, 0.15) is 57.1 Å². The van der Waals surface area contributed by atoms with E-state index < -0.39 is 0 Å². The number of hydrogen-bond acceptors (Lipinski definition) is 2.